The summed E-state index contributed by atoms with van der Waals surface area (Å²) in [5.41, 5.74) is 3.67. The van der Waals surface area contributed by atoms with Crippen LogP contribution in [0.1, 0.15) is 29.7 Å². The van der Waals surface area contributed by atoms with Gasteiger partial charge in [0.15, 0.2) is 0 Å². The molecule has 8 nitrogen and oxygen atoms in total. The van der Waals surface area contributed by atoms with E-state index in [0.29, 0.717) is 22.3 Å². The van der Waals surface area contributed by atoms with Gasteiger partial charge in [0.2, 0.25) is 11.1 Å². The fourth-order valence-corrected chi connectivity index (χ4v) is 4.59. The van der Waals surface area contributed by atoms with Gasteiger partial charge in [0.1, 0.15) is 11.9 Å². The molecule has 3 aromatic heterocycles. The molecule has 1 amide bonds. The predicted octanol–water partition coefficient (Wildman–Crippen LogP) is 3.40. The second-order valence-electron chi connectivity index (χ2n) is 7.23. The van der Waals surface area contributed by atoms with E-state index < -0.39 is 0 Å². The molecule has 0 saturated heterocycles. The topological polar surface area (TPSA) is 101 Å². The zero-order valence-electron chi connectivity index (χ0n) is 16.7. The molecule has 9 heteroatoms. The van der Waals surface area contributed by atoms with Crippen LogP contribution in [0.5, 0.6) is 0 Å². The predicted molar refractivity (Wildman–Crippen MR) is 117 cm³/mol. The first-order valence-electron chi connectivity index (χ1n) is 10.1. The Morgan fingerprint density at radius 2 is 2.03 bits per heavy atom. The number of para-hydroxylation sites is 1. The van der Waals surface area contributed by atoms with E-state index >= 15 is 0 Å². The van der Waals surface area contributed by atoms with Gasteiger partial charge in [0.05, 0.1) is 11.3 Å². The Kier molecular flexibility index (Phi) is 5.14. The molecule has 31 heavy (non-hydrogen) atoms. The number of carbonyl (C=O) groups excluding carboxylic acids is 1. The molecule has 154 valence electrons. The lowest BCUT2D eigenvalue weighted by molar-refractivity contribution is -0.113. The van der Waals surface area contributed by atoms with E-state index in [1.165, 1.54) is 11.8 Å². The van der Waals surface area contributed by atoms with Crippen LogP contribution in [0.25, 0.3) is 11.5 Å². The summed E-state index contributed by atoms with van der Waals surface area (Å²) in [6.45, 7) is 0. The van der Waals surface area contributed by atoms with Gasteiger partial charge in [-0.3, -0.25) is 9.36 Å². The molecule has 1 aromatic carbocycles. The van der Waals surface area contributed by atoms with Crippen molar-refractivity contribution in [3.05, 3.63) is 65.6 Å². The number of benzene rings is 1. The van der Waals surface area contributed by atoms with Crippen molar-refractivity contribution >= 4 is 29.3 Å². The third-order valence-corrected chi connectivity index (χ3v) is 6.12. The molecule has 0 bridgehead atoms. The van der Waals surface area contributed by atoms with E-state index in [2.05, 4.69) is 26.5 Å². The van der Waals surface area contributed by atoms with Crippen LogP contribution in [0.3, 0.4) is 0 Å². The molecule has 1 aliphatic rings. The molecule has 0 fully saturated rings. The van der Waals surface area contributed by atoms with Crippen molar-refractivity contribution in [2.75, 3.05) is 11.1 Å². The normalized spacial score (nSPS) is 13.0. The number of carbonyl (C=O) groups is 1. The maximum absolute atomic E-state index is 12.8. The minimum Gasteiger partial charge on any atom is -0.310 e. The maximum atomic E-state index is 12.8. The average Bonchev–Trinajstić information content (AvgIpc) is 3.36. The molecule has 0 unspecified atom stereocenters. The number of amides is 1. The van der Waals surface area contributed by atoms with Crippen LogP contribution in [0, 0.1) is 11.3 Å². The van der Waals surface area contributed by atoms with Crippen LogP contribution in [0.2, 0.25) is 0 Å². The molecule has 0 saturated carbocycles. The molecule has 4 aromatic rings. The fourth-order valence-electron chi connectivity index (χ4n) is 3.97. The van der Waals surface area contributed by atoms with Crippen LogP contribution in [-0.2, 0) is 17.6 Å². The highest BCUT2D eigenvalue weighted by molar-refractivity contribution is 7.99. The smallest absolute Gasteiger partial charge is 0.253 e. The molecule has 5 rings (SSSR count). The molecule has 0 atom stereocenters. The van der Waals surface area contributed by atoms with Crippen molar-refractivity contribution in [2.45, 2.75) is 30.8 Å². The summed E-state index contributed by atoms with van der Waals surface area (Å²) in [5.74, 6) is 0.964. The quantitative estimate of drug-likeness (QED) is 0.488. The van der Waals surface area contributed by atoms with Gasteiger partial charge in [-0.1, -0.05) is 30.0 Å². The highest BCUT2D eigenvalue weighted by Gasteiger charge is 2.26. The first kappa shape index (κ1) is 19.3. The summed E-state index contributed by atoms with van der Waals surface area (Å²) in [7, 11) is 0. The van der Waals surface area contributed by atoms with Crippen LogP contribution in [-0.4, -0.2) is 35.8 Å². The molecule has 0 spiro atoms. The molecule has 1 aliphatic carbocycles. The number of hydrogen-bond acceptors (Lipinski definition) is 6. The number of nitriles is 1. The second-order valence-corrected chi connectivity index (χ2v) is 8.18. The van der Waals surface area contributed by atoms with E-state index in [4.69, 9.17) is 0 Å². The number of nitrogens with zero attached hydrogens (tertiary/aromatic N) is 6. The van der Waals surface area contributed by atoms with Crippen LogP contribution >= 0.6 is 11.8 Å². The van der Waals surface area contributed by atoms with Crippen molar-refractivity contribution in [1.29, 1.82) is 5.26 Å². The van der Waals surface area contributed by atoms with Crippen molar-refractivity contribution in [3.63, 3.8) is 0 Å². The van der Waals surface area contributed by atoms with Gasteiger partial charge in [-0.2, -0.15) is 10.2 Å². The van der Waals surface area contributed by atoms with Gasteiger partial charge < -0.3 is 5.32 Å². The minimum absolute atomic E-state index is 0.131. The Balaban J connectivity index is 1.43. The number of aromatic nitrogens is 5. The van der Waals surface area contributed by atoms with Crippen molar-refractivity contribution < 1.29 is 4.79 Å². The number of nitrogens with one attached hydrogen (secondary N) is 1. The molecule has 3 heterocycles. The summed E-state index contributed by atoms with van der Waals surface area (Å²) in [6.07, 6.45) is 7.28. The number of thioether (sulfide) groups is 1. The highest BCUT2D eigenvalue weighted by Crippen LogP contribution is 2.35. The molecule has 0 radical (unpaired) electrons. The van der Waals surface area contributed by atoms with Crippen LogP contribution < -0.4 is 5.32 Å². The summed E-state index contributed by atoms with van der Waals surface area (Å²) in [4.78, 5) is 21.3. The van der Waals surface area contributed by atoms with E-state index in [9.17, 15) is 10.1 Å². The van der Waals surface area contributed by atoms with Crippen molar-refractivity contribution in [3.8, 4) is 11.8 Å². The largest absolute Gasteiger partial charge is 0.310 e. The third kappa shape index (κ3) is 3.66. The Morgan fingerprint density at radius 1 is 1.19 bits per heavy atom. The zero-order chi connectivity index (χ0) is 21.2. The SMILES string of the molecule is N#Cc1c2c(n(-c3ccccc3)c1NC(=O)CSc1nc3ncccn3n1)CCCC2. The number of anilines is 1. The van der Waals surface area contributed by atoms with Crippen LogP contribution in [0.4, 0.5) is 5.82 Å². The lowest BCUT2D eigenvalue weighted by atomic mass is 9.95. The van der Waals surface area contributed by atoms with Gasteiger partial charge in [0, 0.05) is 23.8 Å². The molecule has 0 aliphatic heterocycles. The average molecular weight is 430 g/mol. The lowest BCUT2D eigenvalue weighted by Crippen LogP contribution is -2.18. The van der Waals surface area contributed by atoms with Crippen molar-refractivity contribution in [2.24, 2.45) is 0 Å². The fraction of sp³-hybridized carbons (Fsp3) is 0.227. The Hall–Kier alpha value is -3.64. The Morgan fingerprint density at radius 3 is 2.84 bits per heavy atom. The monoisotopic (exact) mass is 429 g/mol. The van der Waals surface area contributed by atoms with Gasteiger partial charge in [-0.05, 0) is 49.4 Å². The standard InChI is InChI=1S/C22H19N7OS/c23-13-17-16-9-4-5-10-18(16)29(15-7-2-1-3-8-15)20(17)25-19(30)14-31-22-26-21-24-11-6-12-28(21)27-22/h1-3,6-8,11-12H,4-5,9-10,14H2,(H,25,30). The summed E-state index contributed by atoms with van der Waals surface area (Å²) in [5, 5.41) is 17.7. The van der Waals surface area contributed by atoms with E-state index in [1.54, 1.807) is 23.0 Å². The molecular formula is C22H19N7OS. The Labute approximate surface area is 182 Å². The van der Waals surface area contributed by atoms with Gasteiger partial charge in [0.25, 0.3) is 5.78 Å². The third-order valence-electron chi connectivity index (χ3n) is 5.28. The highest BCUT2D eigenvalue weighted by atomic mass is 32.2. The molecule has 1 N–H and O–H groups in total. The Bertz CT molecular complexity index is 1270. The van der Waals surface area contributed by atoms with E-state index in [-0.39, 0.29) is 11.7 Å². The summed E-state index contributed by atoms with van der Waals surface area (Å²) < 4.78 is 3.60. The first-order valence-corrected chi connectivity index (χ1v) is 11.0. The van der Waals surface area contributed by atoms with Gasteiger partial charge in [-0.25, -0.2) is 9.50 Å². The first-order chi connectivity index (χ1) is 15.2. The van der Waals surface area contributed by atoms with Gasteiger partial charge >= 0.3 is 0 Å². The minimum atomic E-state index is -0.208. The summed E-state index contributed by atoms with van der Waals surface area (Å²) in [6, 6.07) is 14.0. The zero-order valence-corrected chi connectivity index (χ0v) is 17.5. The molecular weight excluding hydrogens is 410 g/mol. The van der Waals surface area contributed by atoms with E-state index in [0.717, 1.165) is 42.6 Å². The van der Waals surface area contributed by atoms with E-state index in [1.807, 2.05) is 34.9 Å². The summed E-state index contributed by atoms with van der Waals surface area (Å²) >= 11 is 1.24. The van der Waals surface area contributed by atoms with Crippen molar-refractivity contribution in [1.82, 2.24) is 24.1 Å². The number of fused-ring (bicyclic) bond motifs is 2. The number of hydrogen-bond donors (Lipinski definition) is 1. The van der Waals surface area contributed by atoms with Crippen LogP contribution in [0.15, 0.2) is 53.9 Å². The lowest BCUT2D eigenvalue weighted by Gasteiger charge is -2.17. The number of rotatable bonds is 5. The van der Waals surface area contributed by atoms with Gasteiger partial charge in [-0.15, -0.1) is 5.10 Å². The maximum Gasteiger partial charge on any atom is 0.253 e. The second kappa shape index (κ2) is 8.24.